The van der Waals surface area contributed by atoms with Crippen molar-refractivity contribution in [2.75, 3.05) is 20.3 Å². The summed E-state index contributed by atoms with van der Waals surface area (Å²) in [5, 5.41) is 11.5. The summed E-state index contributed by atoms with van der Waals surface area (Å²) in [5.41, 5.74) is 1.30. The number of carbonyl (C=O) groups excluding carboxylic acids is 3. The average molecular weight is 320 g/mol. The van der Waals surface area contributed by atoms with E-state index < -0.39 is 24.5 Å². The van der Waals surface area contributed by atoms with Gasteiger partial charge in [0.15, 0.2) is 6.04 Å². The maximum atomic E-state index is 12.0. The number of methoxy groups -OCH3 is 1. The van der Waals surface area contributed by atoms with E-state index >= 15 is 0 Å². The number of likely N-dealkylation sites (tertiary alicyclic amines) is 1. The zero-order chi connectivity index (χ0) is 16.8. The molecule has 1 heterocycles. The van der Waals surface area contributed by atoms with Gasteiger partial charge in [0.25, 0.3) is 5.91 Å². The average Bonchev–Trinajstić information content (AvgIpc) is 2.97. The zero-order valence-electron chi connectivity index (χ0n) is 12.9. The van der Waals surface area contributed by atoms with E-state index in [0.717, 1.165) is 18.5 Å². The van der Waals surface area contributed by atoms with Crippen LogP contribution < -0.4 is 5.32 Å². The molecule has 0 aliphatic carbocycles. The van der Waals surface area contributed by atoms with E-state index in [1.54, 1.807) is 29.2 Å². The molecule has 1 atom stereocenters. The van der Waals surface area contributed by atoms with Crippen molar-refractivity contribution < 1.29 is 24.2 Å². The van der Waals surface area contributed by atoms with Gasteiger partial charge in [0.05, 0.1) is 13.7 Å². The molecule has 0 bridgehead atoms. The lowest BCUT2D eigenvalue weighted by molar-refractivity contribution is -0.143. The number of nitrogens with zero attached hydrogens (tertiary/aromatic N) is 1. The summed E-state index contributed by atoms with van der Waals surface area (Å²) in [6.07, 6.45) is 1.48. The first kappa shape index (κ1) is 17.0. The standard InChI is InChI=1S/C16H20N2O5/c1-23-16(22)13(10-19)17-15(21)12-6-4-11(5-7-12)9-18-8-2-3-14(18)20/h4-7,13,19H,2-3,8-10H2,1H3,(H,17,21)/t13-/m1/s1. The highest BCUT2D eigenvalue weighted by atomic mass is 16.5. The predicted octanol–water partition coefficient (Wildman–Crippen LogP) is 0.0727. The molecule has 0 spiro atoms. The van der Waals surface area contributed by atoms with E-state index in [1.165, 1.54) is 7.11 Å². The number of benzene rings is 1. The third-order valence-electron chi connectivity index (χ3n) is 3.73. The lowest BCUT2D eigenvalue weighted by atomic mass is 10.1. The Bertz CT molecular complexity index is 585. The van der Waals surface area contributed by atoms with Crippen molar-refractivity contribution in [3.8, 4) is 0 Å². The smallest absolute Gasteiger partial charge is 0.330 e. The third kappa shape index (κ3) is 4.29. The fourth-order valence-corrected chi connectivity index (χ4v) is 2.42. The third-order valence-corrected chi connectivity index (χ3v) is 3.73. The van der Waals surface area contributed by atoms with Gasteiger partial charge in [-0.25, -0.2) is 4.79 Å². The van der Waals surface area contributed by atoms with Crippen LogP contribution >= 0.6 is 0 Å². The molecule has 2 N–H and O–H groups in total. The first-order chi connectivity index (χ1) is 11.0. The Morgan fingerprint density at radius 2 is 2.04 bits per heavy atom. The number of aliphatic hydroxyl groups excluding tert-OH is 1. The number of esters is 1. The molecule has 1 aliphatic heterocycles. The second-order valence-corrected chi connectivity index (χ2v) is 5.35. The predicted molar refractivity (Wildman–Crippen MR) is 81.4 cm³/mol. The van der Waals surface area contributed by atoms with Crippen molar-refractivity contribution in [3.63, 3.8) is 0 Å². The molecule has 1 saturated heterocycles. The first-order valence-corrected chi connectivity index (χ1v) is 7.41. The van der Waals surface area contributed by atoms with Crippen LogP contribution in [0.25, 0.3) is 0 Å². The van der Waals surface area contributed by atoms with Gasteiger partial charge in [0.1, 0.15) is 0 Å². The van der Waals surface area contributed by atoms with Crippen LogP contribution in [0.1, 0.15) is 28.8 Å². The molecular weight excluding hydrogens is 300 g/mol. The molecule has 0 radical (unpaired) electrons. The lowest BCUT2D eigenvalue weighted by Gasteiger charge is -2.16. The molecule has 1 aliphatic rings. The number of nitrogens with one attached hydrogen (secondary N) is 1. The maximum Gasteiger partial charge on any atom is 0.330 e. The van der Waals surface area contributed by atoms with E-state index in [2.05, 4.69) is 10.1 Å². The Labute approximate surface area is 134 Å². The highest BCUT2D eigenvalue weighted by Crippen LogP contribution is 2.14. The molecule has 124 valence electrons. The molecule has 0 unspecified atom stereocenters. The monoisotopic (exact) mass is 320 g/mol. The Morgan fingerprint density at radius 1 is 1.35 bits per heavy atom. The summed E-state index contributed by atoms with van der Waals surface area (Å²) in [6.45, 7) is 0.758. The molecular formula is C16H20N2O5. The van der Waals surface area contributed by atoms with Gasteiger partial charge in [-0.15, -0.1) is 0 Å². The molecule has 7 nitrogen and oxygen atoms in total. The second-order valence-electron chi connectivity index (χ2n) is 5.35. The van der Waals surface area contributed by atoms with Gasteiger partial charge in [-0.1, -0.05) is 12.1 Å². The lowest BCUT2D eigenvalue weighted by Crippen LogP contribution is -2.44. The summed E-state index contributed by atoms with van der Waals surface area (Å²) in [4.78, 5) is 36.8. The minimum Gasteiger partial charge on any atom is -0.467 e. The summed E-state index contributed by atoms with van der Waals surface area (Å²) >= 11 is 0. The summed E-state index contributed by atoms with van der Waals surface area (Å²) in [7, 11) is 1.19. The number of hydrogen-bond acceptors (Lipinski definition) is 5. The SMILES string of the molecule is COC(=O)[C@@H](CO)NC(=O)c1ccc(CN2CCCC2=O)cc1. The van der Waals surface area contributed by atoms with Gasteiger partial charge >= 0.3 is 5.97 Å². The second kappa shape index (κ2) is 7.73. The van der Waals surface area contributed by atoms with Crippen LogP contribution in [0.3, 0.4) is 0 Å². The van der Waals surface area contributed by atoms with Gasteiger partial charge < -0.3 is 20.1 Å². The van der Waals surface area contributed by atoms with Gasteiger partial charge in [0, 0.05) is 25.1 Å². The normalized spacial score (nSPS) is 15.4. The molecule has 7 heteroatoms. The van der Waals surface area contributed by atoms with Crippen LogP contribution in [-0.4, -0.2) is 54.1 Å². The Balaban J connectivity index is 1.97. The highest BCUT2D eigenvalue weighted by Gasteiger charge is 2.22. The van der Waals surface area contributed by atoms with Crippen LogP contribution in [0.2, 0.25) is 0 Å². The fraction of sp³-hybridized carbons (Fsp3) is 0.438. The van der Waals surface area contributed by atoms with Crippen LogP contribution in [-0.2, 0) is 20.9 Å². The molecule has 23 heavy (non-hydrogen) atoms. The molecule has 1 fully saturated rings. The molecule has 1 aromatic rings. The number of amides is 2. The van der Waals surface area contributed by atoms with Gasteiger partial charge in [-0.05, 0) is 24.1 Å². The highest BCUT2D eigenvalue weighted by molar-refractivity contribution is 5.96. The van der Waals surface area contributed by atoms with Crippen LogP contribution in [0.5, 0.6) is 0 Å². The van der Waals surface area contributed by atoms with Crippen molar-refractivity contribution in [2.45, 2.75) is 25.4 Å². The number of aliphatic hydroxyl groups is 1. The molecule has 0 aromatic heterocycles. The van der Waals surface area contributed by atoms with E-state index in [1.807, 2.05) is 0 Å². The molecule has 2 rings (SSSR count). The topological polar surface area (TPSA) is 95.9 Å². The summed E-state index contributed by atoms with van der Waals surface area (Å²) in [6, 6.07) is 5.70. The first-order valence-electron chi connectivity index (χ1n) is 7.41. The van der Waals surface area contributed by atoms with Crippen molar-refractivity contribution in [1.82, 2.24) is 10.2 Å². The zero-order valence-corrected chi connectivity index (χ0v) is 12.9. The molecule has 1 aromatic carbocycles. The van der Waals surface area contributed by atoms with Crippen molar-refractivity contribution >= 4 is 17.8 Å². The largest absolute Gasteiger partial charge is 0.467 e. The van der Waals surface area contributed by atoms with Gasteiger partial charge in [-0.2, -0.15) is 0 Å². The van der Waals surface area contributed by atoms with Crippen molar-refractivity contribution in [2.24, 2.45) is 0 Å². The number of hydrogen-bond donors (Lipinski definition) is 2. The van der Waals surface area contributed by atoms with E-state index in [4.69, 9.17) is 5.11 Å². The van der Waals surface area contributed by atoms with E-state index in [9.17, 15) is 14.4 Å². The Kier molecular flexibility index (Phi) is 5.70. The Morgan fingerprint density at radius 3 is 2.57 bits per heavy atom. The van der Waals surface area contributed by atoms with Gasteiger partial charge in [-0.3, -0.25) is 9.59 Å². The Hall–Kier alpha value is -2.41. The van der Waals surface area contributed by atoms with Crippen LogP contribution in [0.4, 0.5) is 0 Å². The van der Waals surface area contributed by atoms with E-state index in [-0.39, 0.29) is 5.91 Å². The maximum absolute atomic E-state index is 12.0. The molecule has 2 amide bonds. The minimum atomic E-state index is -1.09. The van der Waals surface area contributed by atoms with Crippen LogP contribution in [0, 0.1) is 0 Å². The summed E-state index contributed by atoms with van der Waals surface area (Å²) < 4.78 is 4.49. The molecule has 0 saturated carbocycles. The van der Waals surface area contributed by atoms with Gasteiger partial charge in [0.2, 0.25) is 5.91 Å². The van der Waals surface area contributed by atoms with Crippen molar-refractivity contribution in [1.29, 1.82) is 0 Å². The number of ether oxygens (including phenoxy) is 1. The number of rotatable bonds is 6. The quantitative estimate of drug-likeness (QED) is 0.723. The van der Waals surface area contributed by atoms with Crippen LogP contribution in [0.15, 0.2) is 24.3 Å². The minimum absolute atomic E-state index is 0.149. The summed E-state index contributed by atoms with van der Waals surface area (Å²) in [5.74, 6) is -1.03. The fourth-order valence-electron chi connectivity index (χ4n) is 2.42. The van der Waals surface area contributed by atoms with E-state index in [0.29, 0.717) is 18.5 Å². The van der Waals surface area contributed by atoms with Crippen molar-refractivity contribution in [3.05, 3.63) is 35.4 Å². The number of carbonyl (C=O) groups is 3.